The first-order valence-corrected chi connectivity index (χ1v) is 8.39. The Bertz CT molecular complexity index is 876. The number of anilines is 1. The molecule has 122 valence electrons. The molecule has 0 radical (unpaired) electrons. The van der Waals surface area contributed by atoms with Crippen molar-refractivity contribution >= 4 is 16.4 Å². The summed E-state index contributed by atoms with van der Waals surface area (Å²) in [6, 6.07) is 12.1. The van der Waals surface area contributed by atoms with E-state index in [4.69, 9.17) is 4.74 Å². The van der Waals surface area contributed by atoms with Gasteiger partial charge in [0.2, 0.25) is 0 Å². The Labute approximate surface area is 141 Å². The molecule has 0 spiro atoms. The zero-order chi connectivity index (χ0) is 16.8. The van der Waals surface area contributed by atoms with Gasteiger partial charge in [0.1, 0.15) is 11.5 Å². The Morgan fingerprint density at radius 3 is 2.50 bits per heavy atom. The van der Waals surface area contributed by atoms with E-state index in [1.165, 1.54) is 0 Å². The SMILES string of the molecule is O=[SH](=O)c1ccc(Oc2cccnc2)cc1CNc1ccncc1. The molecule has 24 heavy (non-hydrogen) atoms. The van der Waals surface area contributed by atoms with Crippen LogP contribution >= 0.6 is 0 Å². The van der Waals surface area contributed by atoms with Gasteiger partial charge in [-0.2, -0.15) is 0 Å². The van der Waals surface area contributed by atoms with Crippen LogP contribution in [0.2, 0.25) is 0 Å². The molecule has 0 aliphatic rings. The molecule has 3 aromatic rings. The molecule has 0 amide bonds. The summed E-state index contributed by atoms with van der Waals surface area (Å²) in [6.07, 6.45) is 6.58. The summed E-state index contributed by atoms with van der Waals surface area (Å²) in [6.45, 7) is 0.354. The van der Waals surface area contributed by atoms with Gasteiger partial charge in [0.15, 0.2) is 10.7 Å². The summed E-state index contributed by atoms with van der Waals surface area (Å²) >= 11 is 0. The predicted molar refractivity (Wildman–Crippen MR) is 90.9 cm³/mol. The summed E-state index contributed by atoms with van der Waals surface area (Å²) in [4.78, 5) is 8.20. The molecular formula is C17H15N3O3S. The van der Waals surface area contributed by atoms with Gasteiger partial charge in [0.05, 0.1) is 11.1 Å². The summed E-state index contributed by atoms with van der Waals surface area (Å²) in [7, 11) is -2.69. The molecule has 0 fully saturated rings. The first kappa shape index (κ1) is 15.9. The summed E-state index contributed by atoms with van der Waals surface area (Å²) in [5.74, 6) is 1.14. The Hall–Kier alpha value is -2.93. The third-order valence-electron chi connectivity index (χ3n) is 3.28. The predicted octanol–water partition coefficient (Wildman–Crippen LogP) is 2.85. The first-order chi connectivity index (χ1) is 11.7. The van der Waals surface area contributed by atoms with Crippen LogP contribution in [0.1, 0.15) is 5.56 Å². The molecule has 2 heterocycles. The fourth-order valence-corrected chi connectivity index (χ4v) is 2.73. The van der Waals surface area contributed by atoms with E-state index < -0.39 is 10.7 Å². The van der Waals surface area contributed by atoms with Crippen LogP contribution in [0.25, 0.3) is 0 Å². The van der Waals surface area contributed by atoms with E-state index in [1.807, 2.05) is 12.1 Å². The summed E-state index contributed by atoms with van der Waals surface area (Å²) < 4.78 is 28.6. The van der Waals surface area contributed by atoms with Gasteiger partial charge < -0.3 is 10.1 Å². The Morgan fingerprint density at radius 2 is 1.79 bits per heavy atom. The van der Waals surface area contributed by atoms with E-state index in [2.05, 4.69) is 15.3 Å². The number of thiol groups is 1. The zero-order valence-electron chi connectivity index (χ0n) is 12.6. The number of nitrogens with zero attached hydrogens (tertiary/aromatic N) is 2. The second-order valence-corrected chi connectivity index (χ2v) is 5.92. The standard InChI is InChI=1S/C17H15N3O3S/c21-24(22)17-4-3-15(23-16-2-1-7-19-12-16)10-13(17)11-20-14-5-8-18-9-6-14/h1-10,12,24H,11H2,(H,18,20). The maximum atomic E-state index is 11.5. The quantitative estimate of drug-likeness (QED) is 0.671. The molecule has 7 heteroatoms. The molecule has 0 unspecified atom stereocenters. The molecule has 0 saturated carbocycles. The minimum atomic E-state index is -2.69. The van der Waals surface area contributed by atoms with Gasteiger partial charge in [-0.3, -0.25) is 9.97 Å². The number of ether oxygens (including phenoxy) is 1. The fourth-order valence-electron chi connectivity index (χ4n) is 2.16. The minimum absolute atomic E-state index is 0.269. The molecule has 6 nitrogen and oxygen atoms in total. The second kappa shape index (κ2) is 7.56. The van der Waals surface area contributed by atoms with Crippen LogP contribution < -0.4 is 10.1 Å². The van der Waals surface area contributed by atoms with E-state index in [-0.39, 0.29) is 4.90 Å². The van der Waals surface area contributed by atoms with Gasteiger partial charge in [0.25, 0.3) is 0 Å². The van der Waals surface area contributed by atoms with Crippen LogP contribution in [0.4, 0.5) is 5.69 Å². The van der Waals surface area contributed by atoms with Gasteiger partial charge in [-0.15, -0.1) is 0 Å². The zero-order valence-corrected chi connectivity index (χ0v) is 13.5. The highest BCUT2D eigenvalue weighted by Crippen LogP contribution is 2.25. The Balaban J connectivity index is 1.83. The number of pyridine rings is 2. The van der Waals surface area contributed by atoms with Crippen LogP contribution in [0, 0.1) is 0 Å². The monoisotopic (exact) mass is 341 g/mol. The lowest BCUT2D eigenvalue weighted by molar-refractivity contribution is 0.479. The molecule has 1 aromatic carbocycles. The topological polar surface area (TPSA) is 81.2 Å². The molecular weight excluding hydrogens is 326 g/mol. The van der Waals surface area contributed by atoms with Crippen molar-refractivity contribution in [1.29, 1.82) is 0 Å². The highest BCUT2D eigenvalue weighted by Gasteiger charge is 2.08. The minimum Gasteiger partial charge on any atom is -0.456 e. The Kier molecular flexibility index (Phi) is 5.02. The molecule has 3 rings (SSSR count). The number of benzene rings is 1. The van der Waals surface area contributed by atoms with Gasteiger partial charge in [-0.05, 0) is 48.0 Å². The molecule has 1 N–H and O–H groups in total. The fraction of sp³-hybridized carbons (Fsp3) is 0.0588. The normalized spacial score (nSPS) is 10.5. The molecule has 0 bridgehead atoms. The van der Waals surface area contributed by atoms with Crippen LogP contribution in [0.15, 0.2) is 72.1 Å². The van der Waals surface area contributed by atoms with Crippen molar-refractivity contribution in [3.05, 3.63) is 72.8 Å². The van der Waals surface area contributed by atoms with E-state index in [1.54, 1.807) is 55.1 Å². The lowest BCUT2D eigenvalue weighted by Crippen LogP contribution is -2.03. The van der Waals surface area contributed by atoms with Crippen molar-refractivity contribution < 1.29 is 13.2 Å². The van der Waals surface area contributed by atoms with Crippen LogP contribution in [-0.4, -0.2) is 18.4 Å². The summed E-state index contributed by atoms with van der Waals surface area (Å²) in [5, 5.41) is 3.17. The van der Waals surface area contributed by atoms with Crippen molar-refractivity contribution in [2.24, 2.45) is 0 Å². The van der Waals surface area contributed by atoms with Crippen molar-refractivity contribution in [2.45, 2.75) is 11.4 Å². The average molecular weight is 341 g/mol. The van der Waals surface area contributed by atoms with Gasteiger partial charge in [-0.25, -0.2) is 8.42 Å². The van der Waals surface area contributed by atoms with E-state index in [9.17, 15) is 8.42 Å². The van der Waals surface area contributed by atoms with Crippen molar-refractivity contribution in [1.82, 2.24) is 9.97 Å². The lowest BCUT2D eigenvalue weighted by Gasteiger charge is -2.11. The molecule has 0 atom stereocenters. The average Bonchev–Trinajstić information content (AvgIpc) is 2.61. The lowest BCUT2D eigenvalue weighted by atomic mass is 10.2. The van der Waals surface area contributed by atoms with E-state index in [0.29, 0.717) is 23.6 Å². The third kappa shape index (κ3) is 4.08. The summed E-state index contributed by atoms with van der Waals surface area (Å²) in [5.41, 5.74) is 1.49. The Morgan fingerprint density at radius 1 is 0.958 bits per heavy atom. The van der Waals surface area contributed by atoms with Gasteiger partial charge in [-0.1, -0.05) is 0 Å². The van der Waals surface area contributed by atoms with Crippen molar-refractivity contribution in [3.63, 3.8) is 0 Å². The van der Waals surface area contributed by atoms with Gasteiger partial charge >= 0.3 is 0 Å². The molecule has 0 aliphatic heterocycles. The highest BCUT2D eigenvalue weighted by atomic mass is 32.2. The molecule has 0 aliphatic carbocycles. The number of hydrogen-bond acceptors (Lipinski definition) is 6. The van der Waals surface area contributed by atoms with Gasteiger partial charge in [0, 0.05) is 30.8 Å². The maximum absolute atomic E-state index is 11.5. The largest absolute Gasteiger partial charge is 0.456 e. The number of nitrogens with one attached hydrogen (secondary N) is 1. The van der Waals surface area contributed by atoms with E-state index >= 15 is 0 Å². The number of aromatic nitrogens is 2. The van der Waals surface area contributed by atoms with Crippen LogP contribution in [0.5, 0.6) is 11.5 Å². The number of rotatable bonds is 6. The maximum Gasteiger partial charge on any atom is 0.168 e. The smallest absolute Gasteiger partial charge is 0.168 e. The van der Waals surface area contributed by atoms with Crippen LogP contribution in [0.3, 0.4) is 0 Å². The third-order valence-corrected chi connectivity index (χ3v) is 4.11. The second-order valence-electron chi connectivity index (χ2n) is 4.93. The van der Waals surface area contributed by atoms with Crippen molar-refractivity contribution in [3.8, 4) is 11.5 Å². The molecule has 0 saturated heterocycles. The van der Waals surface area contributed by atoms with Crippen LogP contribution in [-0.2, 0) is 17.2 Å². The van der Waals surface area contributed by atoms with E-state index in [0.717, 1.165) is 5.69 Å². The van der Waals surface area contributed by atoms with Crippen molar-refractivity contribution in [2.75, 3.05) is 5.32 Å². The number of hydrogen-bond donors (Lipinski definition) is 2. The first-order valence-electron chi connectivity index (χ1n) is 7.21. The highest BCUT2D eigenvalue weighted by molar-refractivity contribution is 7.72. The molecule has 2 aromatic heterocycles.